The lowest BCUT2D eigenvalue weighted by Gasteiger charge is -2.01. The van der Waals surface area contributed by atoms with E-state index in [1.54, 1.807) is 19.1 Å². The highest BCUT2D eigenvalue weighted by Gasteiger charge is 2.08. The minimum atomic E-state index is -0.427. The van der Waals surface area contributed by atoms with Crippen LogP contribution in [-0.4, -0.2) is 15.6 Å². The third-order valence-corrected chi connectivity index (χ3v) is 4.44. The third-order valence-electron chi connectivity index (χ3n) is 3.44. The monoisotopic (exact) mass is 372 g/mol. The summed E-state index contributed by atoms with van der Waals surface area (Å²) in [5.74, 6) is 0. The number of non-ortho nitro benzene ring substituents is 1. The molecule has 0 atom stereocenters. The van der Waals surface area contributed by atoms with Gasteiger partial charge in [-0.3, -0.25) is 15.5 Å². The molecule has 1 N–H and O–H groups in total. The van der Waals surface area contributed by atoms with Crippen LogP contribution in [0.25, 0.3) is 11.3 Å². The van der Waals surface area contributed by atoms with Crippen LogP contribution < -0.4 is 5.43 Å². The lowest BCUT2D eigenvalue weighted by atomic mass is 10.1. The molecule has 1 heterocycles. The number of hydrogen-bond donors (Lipinski definition) is 1. The summed E-state index contributed by atoms with van der Waals surface area (Å²) in [5.41, 5.74) is 6.03. The predicted octanol–water partition coefficient (Wildman–Crippen LogP) is 5.21. The quantitative estimate of drug-likeness (QED) is 0.379. The number of hydrazone groups is 1. The van der Waals surface area contributed by atoms with Crippen molar-refractivity contribution in [3.8, 4) is 11.3 Å². The van der Waals surface area contributed by atoms with Gasteiger partial charge >= 0.3 is 0 Å². The zero-order valence-corrected chi connectivity index (χ0v) is 14.7. The lowest BCUT2D eigenvalue weighted by Crippen LogP contribution is -2.00. The van der Waals surface area contributed by atoms with Crippen molar-refractivity contribution in [1.29, 1.82) is 0 Å². The van der Waals surface area contributed by atoms with Gasteiger partial charge in [-0.25, -0.2) is 4.98 Å². The second-order valence-electron chi connectivity index (χ2n) is 5.16. The van der Waals surface area contributed by atoms with Crippen molar-refractivity contribution in [2.24, 2.45) is 5.10 Å². The minimum Gasteiger partial charge on any atom is -0.258 e. The van der Waals surface area contributed by atoms with E-state index < -0.39 is 4.92 Å². The van der Waals surface area contributed by atoms with Crippen LogP contribution in [0.4, 0.5) is 10.8 Å². The molecular formula is C17H13ClN4O2S. The molecule has 0 unspecified atom stereocenters. The number of anilines is 1. The number of benzene rings is 2. The van der Waals surface area contributed by atoms with Crippen LogP contribution in [0.3, 0.4) is 0 Å². The van der Waals surface area contributed by atoms with Gasteiger partial charge in [-0.2, -0.15) is 5.10 Å². The summed E-state index contributed by atoms with van der Waals surface area (Å²) in [6.45, 7) is 1.78. The maximum atomic E-state index is 10.8. The molecule has 1 aromatic heterocycles. The molecule has 0 amide bonds. The number of rotatable bonds is 5. The van der Waals surface area contributed by atoms with E-state index in [4.69, 9.17) is 11.6 Å². The predicted molar refractivity (Wildman–Crippen MR) is 101 cm³/mol. The number of hydrogen-bond acceptors (Lipinski definition) is 6. The molecule has 0 aliphatic rings. The molecule has 6 nitrogen and oxygen atoms in total. The Labute approximate surface area is 153 Å². The van der Waals surface area contributed by atoms with Crippen LogP contribution in [-0.2, 0) is 0 Å². The van der Waals surface area contributed by atoms with E-state index in [0.717, 1.165) is 11.3 Å². The standard InChI is InChI=1S/C17H13ClN4O2S/c1-11(13-3-2-4-15(9-13)22(23)24)20-21-17-19-16(10-25-17)12-5-7-14(18)8-6-12/h2-10H,1H3,(H,19,21)/b20-11-. The summed E-state index contributed by atoms with van der Waals surface area (Å²) in [4.78, 5) is 14.9. The Morgan fingerprint density at radius 2 is 2.04 bits per heavy atom. The number of nitrogens with one attached hydrogen (secondary N) is 1. The first kappa shape index (κ1) is 17.1. The maximum Gasteiger partial charge on any atom is 0.270 e. The number of aromatic nitrogens is 1. The largest absolute Gasteiger partial charge is 0.270 e. The van der Waals surface area contributed by atoms with E-state index in [9.17, 15) is 10.1 Å². The third kappa shape index (κ3) is 4.20. The fourth-order valence-corrected chi connectivity index (χ4v) is 2.91. The molecule has 0 spiro atoms. The first-order chi connectivity index (χ1) is 12.0. The molecule has 0 aliphatic heterocycles. The van der Waals surface area contributed by atoms with E-state index >= 15 is 0 Å². The second kappa shape index (κ2) is 7.42. The highest BCUT2D eigenvalue weighted by atomic mass is 35.5. The summed E-state index contributed by atoms with van der Waals surface area (Å²) in [6.07, 6.45) is 0. The van der Waals surface area contributed by atoms with Crippen molar-refractivity contribution < 1.29 is 4.92 Å². The number of nitro groups is 1. The molecule has 0 radical (unpaired) electrons. The Hall–Kier alpha value is -2.77. The van der Waals surface area contributed by atoms with Gasteiger partial charge in [0.15, 0.2) is 0 Å². The molecule has 126 valence electrons. The maximum absolute atomic E-state index is 10.8. The number of nitrogens with zero attached hydrogens (tertiary/aromatic N) is 3. The highest BCUT2D eigenvalue weighted by molar-refractivity contribution is 7.14. The van der Waals surface area contributed by atoms with Crippen LogP contribution in [0, 0.1) is 10.1 Å². The van der Waals surface area contributed by atoms with Crippen molar-refractivity contribution in [3.05, 3.63) is 74.6 Å². The topological polar surface area (TPSA) is 80.4 Å². The molecule has 0 saturated carbocycles. The van der Waals surface area contributed by atoms with Gasteiger partial charge in [-0.05, 0) is 19.1 Å². The molecular weight excluding hydrogens is 360 g/mol. The van der Waals surface area contributed by atoms with Gasteiger partial charge < -0.3 is 0 Å². The van der Waals surface area contributed by atoms with E-state index in [0.29, 0.717) is 21.4 Å². The zero-order valence-electron chi connectivity index (χ0n) is 13.1. The van der Waals surface area contributed by atoms with Gasteiger partial charge in [0, 0.05) is 33.7 Å². The Balaban J connectivity index is 1.74. The van der Waals surface area contributed by atoms with Crippen molar-refractivity contribution in [3.63, 3.8) is 0 Å². The molecule has 25 heavy (non-hydrogen) atoms. The molecule has 0 bridgehead atoms. The fraction of sp³-hybridized carbons (Fsp3) is 0.0588. The molecule has 8 heteroatoms. The van der Waals surface area contributed by atoms with Crippen LogP contribution in [0.5, 0.6) is 0 Å². The highest BCUT2D eigenvalue weighted by Crippen LogP contribution is 2.26. The average Bonchev–Trinajstić information content (AvgIpc) is 3.09. The molecule has 3 aromatic rings. The lowest BCUT2D eigenvalue weighted by molar-refractivity contribution is -0.384. The van der Waals surface area contributed by atoms with Crippen LogP contribution in [0.15, 0.2) is 59.0 Å². The van der Waals surface area contributed by atoms with Gasteiger partial charge in [0.05, 0.1) is 16.3 Å². The van der Waals surface area contributed by atoms with E-state index in [1.165, 1.54) is 23.5 Å². The van der Waals surface area contributed by atoms with Crippen molar-refractivity contribution in [1.82, 2.24) is 4.98 Å². The Morgan fingerprint density at radius 1 is 1.28 bits per heavy atom. The van der Waals surface area contributed by atoms with Gasteiger partial charge in [0.2, 0.25) is 5.13 Å². The van der Waals surface area contributed by atoms with E-state index in [2.05, 4.69) is 15.5 Å². The Bertz CT molecular complexity index is 938. The van der Waals surface area contributed by atoms with Gasteiger partial charge in [0.1, 0.15) is 0 Å². The zero-order chi connectivity index (χ0) is 17.8. The van der Waals surface area contributed by atoms with Gasteiger partial charge in [-0.15, -0.1) is 11.3 Å². The van der Waals surface area contributed by atoms with Crippen LogP contribution in [0.2, 0.25) is 5.02 Å². The first-order valence-corrected chi connectivity index (χ1v) is 8.55. The molecule has 0 aliphatic carbocycles. The van der Waals surface area contributed by atoms with E-state index in [1.807, 2.05) is 29.6 Å². The average molecular weight is 373 g/mol. The fourth-order valence-electron chi connectivity index (χ4n) is 2.12. The van der Waals surface area contributed by atoms with E-state index in [-0.39, 0.29) is 5.69 Å². The summed E-state index contributed by atoms with van der Waals surface area (Å²) in [7, 11) is 0. The van der Waals surface area contributed by atoms with Crippen LogP contribution in [0.1, 0.15) is 12.5 Å². The van der Waals surface area contributed by atoms with Gasteiger partial charge in [0.25, 0.3) is 5.69 Å². The smallest absolute Gasteiger partial charge is 0.258 e. The minimum absolute atomic E-state index is 0.0336. The first-order valence-electron chi connectivity index (χ1n) is 7.29. The van der Waals surface area contributed by atoms with Gasteiger partial charge in [-0.1, -0.05) is 35.9 Å². The normalized spacial score (nSPS) is 11.4. The van der Waals surface area contributed by atoms with Crippen molar-refractivity contribution in [2.75, 3.05) is 5.43 Å². The number of halogens is 1. The molecule has 0 saturated heterocycles. The Kier molecular flexibility index (Phi) is 5.06. The summed E-state index contributed by atoms with van der Waals surface area (Å²) < 4.78 is 0. The summed E-state index contributed by atoms with van der Waals surface area (Å²) in [6, 6.07) is 13.8. The molecule has 3 rings (SSSR count). The van der Waals surface area contributed by atoms with Crippen LogP contribution >= 0.6 is 22.9 Å². The summed E-state index contributed by atoms with van der Waals surface area (Å²) in [5, 5.41) is 18.3. The number of thiazole rings is 1. The number of nitro benzene ring substituents is 1. The van der Waals surface area contributed by atoms with Crippen molar-refractivity contribution >= 4 is 39.5 Å². The Morgan fingerprint density at radius 3 is 2.76 bits per heavy atom. The summed E-state index contributed by atoms with van der Waals surface area (Å²) >= 11 is 7.31. The second-order valence-corrected chi connectivity index (χ2v) is 6.46. The molecule has 2 aromatic carbocycles. The molecule has 0 fully saturated rings. The van der Waals surface area contributed by atoms with Crippen molar-refractivity contribution in [2.45, 2.75) is 6.92 Å². The SMILES string of the molecule is C/C(=N/Nc1nc(-c2ccc(Cl)cc2)cs1)c1cccc([N+](=O)[O-])c1.